The summed E-state index contributed by atoms with van der Waals surface area (Å²) in [5, 5.41) is 2.56. The summed E-state index contributed by atoms with van der Waals surface area (Å²) >= 11 is 0. The van der Waals surface area contributed by atoms with Crippen molar-refractivity contribution in [2.24, 2.45) is 0 Å². The first-order valence-electron chi connectivity index (χ1n) is 11.7. The number of halogens is 2. The zero-order valence-electron chi connectivity index (χ0n) is 20.2. The van der Waals surface area contributed by atoms with Crippen LogP contribution in [0, 0.1) is 11.6 Å². The van der Waals surface area contributed by atoms with Gasteiger partial charge in [0.15, 0.2) is 0 Å². The summed E-state index contributed by atoms with van der Waals surface area (Å²) in [7, 11) is -3.85. The van der Waals surface area contributed by atoms with Gasteiger partial charge < -0.3 is 10.1 Å². The molecule has 0 atom stereocenters. The lowest BCUT2D eigenvalue weighted by Gasteiger charge is -2.24. The molecule has 0 spiro atoms. The van der Waals surface area contributed by atoms with Gasteiger partial charge in [-0.05, 0) is 79.2 Å². The van der Waals surface area contributed by atoms with Crippen LogP contribution in [-0.4, -0.2) is 27.5 Å². The first-order valence-corrected chi connectivity index (χ1v) is 13.2. The minimum Gasteiger partial charge on any atom is -0.457 e. The van der Waals surface area contributed by atoms with Crippen LogP contribution in [0.1, 0.15) is 6.42 Å². The SMILES string of the molecule is O=C(Nc1ccccc1F)N(CCCNS(=O)(=O)c1ccc(F)cc1)c1ccc(Oc2ccccc2)cc1. The van der Waals surface area contributed by atoms with Gasteiger partial charge >= 0.3 is 6.03 Å². The van der Waals surface area contributed by atoms with Gasteiger partial charge in [0.05, 0.1) is 10.6 Å². The summed E-state index contributed by atoms with van der Waals surface area (Å²) in [4.78, 5) is 14.4. The van der Waals surface area contributed by atoms with Crippen LogP contribution in [0.4, 0.5) is 25.0 Å². The highest BCUT2D eigenvalue weighted by atomic mass is 32.2. The Morgan fingerprint density at radius 3 is 2.11 bits per heavy atom. The maximum Gasteiger partial charge on any atom is 0.326 e. The van der Waals surface area contributed by atoms with Crippen LogP contribution in [0.25, 0.3) is 0 Å². The molecule has 0 aliphatic rings. The summed E-state index contributed by atoms with van der Waals surface area (Å²) < 4.78 is 60.5. The summed E-state index contributed by atoms with van der Waals surface area (Å²) in [5.74, 6) is 0.0874. The Labute approximate surface area is 219 Å². The number of amides is 2. The zero-order valence-corrected chi connectivity index (χ0v) is 21.0. The van der Waals surface area contributed by atoms with E-state index in [0.717, 1.165) is 12.1 Å². The van der Waals surface area contributed by atoms with E-state index in [0.29, 0.717) is 17.2 Å². The minimum absolute atomic E-state index is 0.0123. The number of benzene rings is 4. The number of sulfonamides is 1. The molecular weight excluding hydrogens is 512 g/mol. The molecule has 196 valence electrons. The molecule has 0 saturated heterocycles. The molecule has 4 rings (SSSR count). The fourth-order valence-corrected chi connectivity index (χ4v) is 4.63. The van der Waals surface area contributed by atoms with Gasteiger partial charge in [0.1, 0.15) is 23.1 Å². The van der Waals surface area contributed by atoms with E-state index in [2.05, 4.69) is 10.0 Å². The molecule has 0 fully saturated rings. The van der Waals surface area contributed by atoms with Crippen molar-refractivity contribution >= 4 is 27.4 Å². The molecule has 0 aliphatic heterocycles. The number of urea groups is 1. The predicted molar refractivity (Wildman–Crippen MR) is 142 cm³/mol. The number of ether oxygens (including phenoxy) is 1. The number of rotatable bonds is 10. The largest absolute Gasteiger partial charge is 0.457 e. The first kappa shape index (κ1) is 26.8. The second-order valence-corrected chi connectivity index (χ2v) is 9.94. The van der Waals surface area contributed by atoms with Crippen LogP contribution in [0.2, 0.25) is 0 Å². The van der Waals surface area contributed by atoms with Gasteiger partial charge in [-0.3, -0.25) is 4.90 Å². The van der Waals surface area contributed by atoms with E-state index >= 15 is 0 Å². The van der Waals surface area contributed by atoms with E-state index < -0.39 is 27.7 Å². The Kier molecular flexibility index (Phi) is 8.67. The Morgan fingerprint density at radius 2 is 1.42 bits per heavy atom. The molecule has 4 aromatic carbocycles. The molecule has 0 radical (unpaired) electrons. The average Bonchev–Trinajstić information content (AvgIpc) is 2.91. The molecule has 0 heterocycles. The van der Waals surface area contributed by atoms with Gasteiger partial charge in [0.25, 0.3) is 0 Å². The molecule has 2 N–H and O–H groups in total. The summed E-state index contributed by atoms with van der Waals surface area (Å²) in [6, 6.07) is 25.6. The van der Waals surface area contributed by atoms with E-state index in [1.165, 1.54) is 35.2 Å². The highest BCUT2D eigenvalue weighted by molar-refractivity contribution is 7.89. The lowest BCUT2D eigenvalue weighted by molar-refractivity contribution is 0.256. The van der Waals surface area contributed by atoms with Gasteiger partial charge in [0, 0.05) is 18.8 Å². The lowest BCUT2D eigenvalue weighted by atomic mass is 10.2. The average molecular weight is 538 g/mol. The zero-order chi connectivity index (χ0) is 27.0. The lowest BCUT2D eigenvalue weighted by Crippen LogP contribution is -2.37. The van der Waals surface area contributed by atoms with Crippen LogP contribution in [-0.2, 0) is 10.0 Å². The van der Waals surface area contributed by atoms with Crippen molar-refractivity contribution in [3.05, 3.63) is 115 Å². The topological polar surface area (TPSA) is 87.7 Å². The number of carbonyl (C=O) groups is 1. The van der Waals surface area contributed by atoms with Crippen molar-refractivity contribution in [2.45, 2.75) is 11.3 Å². The second kappa shape index (κ2) is 12.3. The van der Waals surface area contributed by atoms with Gasteiger partial charge in [0.2, 0.25) is 10.0 Å². The van der Waals surface area contributed by atoms with E-state index in [1.54, 1.807) is 30.3 Å². The van der Waals surface area contributed by atoms with Gasteiger partial charge in [-0.15, -0.1) is 0 Å². The third-order valence-electron chi connectivity index (χ3n) is 5.46. The van der Waals surface area contributed by atoms with Crippen molar-refractivity contribution in [2.75, 3.05) is 23.3 Å². The molecule has 10 heteroatoms. The molecule has 2 amide bonds. The van der Waals surface area contributed by atoms with Crippen molar-refractivity contribution in [3.8, 4) is 11.5 Å². The number of carbonyl (C=O) groups excluding carboxylic acids is 1. The molecular formula is C28H25F2N3O4S. The minimum atomic E-state index is -3.85. The maximum atomic E-state index is 14.1. The summed E-state index contributed by atoms with van der Waals surface area (Å²) in [6.45, 7) is 0.128. The van der Waals surface area contributed by atoms with Gasteiger partial charge in [-0.1, -0.05) is 30.3 Å². The number of para-hydroxylation sites is 2. The molecule has 0 saturated carbocycles. The molecule has 0 unspecified atom stereocenters. The van der Waals surface area contributed by atoms with E-state index in [4.69, 9.17) is 4.74 Å². The molecule has 7 nitrogen and oxygen atoms in total. The molecule has 0 bridgehead atoms. The number of nitrogens with zero attached hydrogens (tertiary/aromatic N) is 1. The van der Waals surface area contributed by atoms with Crippen molar-refractivity contribution in [1.82, 2.24) is 4.72 Å². The maximum absolute atomic E-state index is 14.1. The van der Waals surface area contributed by atoms with Crippen molar-refractivity contribution in [3.63, 3.8) is 0 Å². The van der Waals surface area contributed by atoms with Crippen LogP contribution < -0.4 is 19.7 Å². The number of nitrogens with one attached hydrogen (secondary N) is 2. The third-order valence-corrected chi connectivity index (χ3v) is 6.94. The monoisotopic (exact) mass is 537 g/mol. The summed E-state index contributed by atoms with van der Waals surface area (Å²) in [5.41, 5.74) is 0.518. The van der Waals surface area contributed by atoms with Crippen LogP contribution in [0.5, 0.6) is 11.5 Å². The van der Waals surface area contributed by atoms with Crippen LogP contribution in [0.3, 0.4) is 0 Å². The number of anilines is 2. The Balaban J connectivity index is 1.45. The normalized spacial score (nSPS) is 11.1. The Morgan fingerprint density at radius 1 is 0.789 bits per heavy atom. The fraction of sp³-hybridized carbons (Fsp3) is 0.107. The smallest absolute Gasteiger partial charge is 0.326 e. The molecule has 0 aliphatic carbocycles. The van der Waals surface area contributed by atoms with Crippen LogP contribution in [0.15, 0.2) is 108 Å². The number of hydrogen-bond acceptors (Lipinski definition) is 4. The van der Waals surface area contributed by atoms with Crippen molar-refractivity contribution in [1.29, 1.82) is 0 Å². The Bertz CT molecular complexity index is 1470. The van der Waals surface area contributed by atoms with Crippen molar-refractivity contribution < 1.29 is 26.7 Å². The van der Waals surface area contributed by atoms with Crippen LogP contribution >= 0.6 is 0 Å². The van der Waals surface area contributed by atoms with Gasteiger partial charge in [-0.25, -0.2) is 26.7 Å². The first-order chi connectivity index (χ1) is 18.3. The quantitative estimate of drug-likeness (QED) is 0.237. The third kappa shape index (κ3) is 7.15. The standard InChI is InChI=1S/C28H25F2N3O4S/c29-21-11-17-25(18-12-21)38(35,36)31-19-6-20-33(28(34)32-27-10-5-4-9-26(27)30)22-13-15-24(16-14-22)37-23-7-2-1-3-8-23/h1-5,7-18,31H,6,19-20H2,(H,32,34). The summed E-state index contributed by atoms with van der Waals surface area (Å²) in [6.07, 6.45) is 0.243. The van der Waals surface area contributed by atoms with E-state index in [1.807, 2.05) is 30.3 Å². The fourth-order valence-electron chi connectivity index (χ4n) is 3.55. The Hall–Kier alpha value is -4.28. The molecule has 38 heavy (non-hydrogen) atoms. The second-order valence-electron chi connectivity index (χ2n) is 8.18. The molecule has 4 aromatic rings. The van der Waals surface area contributed by atoms with E-state index in [-0.39, 0.29) is 30.1 Å². The highest BCUT2D eigenvalue weighted by Crippen LogP contribution is 2.25. The number of hydrogen-bond donors (Lipinski definition) is 2. The van der Waals surface area contributed by atoms with Gasteiger partial charge in [-0.2, -0.15) is 0 Å². The predicted octanol–water partition coefficient (Wildman–Crippen LogP) is 6.16. The highest BCUT2D eigenvalue weighted by Gasteiger charge is 2.19. The molecule has 0 aromatic heterocycles. The van der Waals surface area contributed by atoms with E-state index in [9.17, 15) is 22.0 Å².